The van der Waals surface area contributed by atoms with E-state index in [1.165, 1.54) is 0 Å². The Morgan fingerprint density at radius 2 is 1.95 bits per heavy atom. The van der Waals surface area contributed by atoms with Gasteiger partial charge in [0.15, 0.2) is 0 Å². The smallest absolute Gasteiger partial charge is 0.249 e. The van der Waals surface area contributed by atoms with Crippen LogP contribution in [0.2, 0.25) is 0 Å². The van der Waals surface area contributed by atoms with Gasteiger partial charge in [-0.3, -0.25) is 4.79 Å². The van der Waals surface area contributed by atoms with Crippen molar-refractivity contribution < 1.29 is 9.53 Å². The molecule has 0 spiro atoms. The number of primary amides is 1. The molecule has 4 rings (SSSR count). The highest BCUT2D eigenvalue weighted by Gasteiger charge is 2.15. The highest BCUT2D eigenvalue weighted by atomic mass is 16.5. The molecule has 0 unspecified atom stereocenters. The first-order valence-electron chi connectivity index (χ1n) is 12.2. The third-order valence-electron chi connectivity index (χ3n) is 6.61. The number of nitriles is 1. The van der Waals surface area contributed by atoms with Crippen LogP contribution >= 0.6 is 0 Å². The Kier molecular flexibility index (Phi) is 7.89. The van der Waals surface area contributed by atoms with Gasteiger partial charge < -0.3 is 19.9 Å². The molecule has 0 bridgehead atoms. The van der Waals surface area contributed by atoms with Crippen LogP contribution in [-0.4, -0.2) is 29.1 Å². The number of nitrogens with two attached hydrogens (primary N) is 1. The summed E-state index contributed by atoms with van der Waals surface area (Å²) >= 11 is 0. The molecule has 0 saturated carbocycles. The minimum absolute atomic E-state index is 0.465. The monoisotopic (exact) mass is 493 g/mol. The van der Waals surface area contributed by atoms with E-state index in [0.29, 0.717) is 23.4 Å². The second-order valence-corrected chi connectivity index (χ2v) is 9.08. The van der Waals surface area contributed by atoms with Crippen LogP contribution in [0, 0.1) is 18.3 Å². The molecule has 0 atom stereocenters. The first kappa shape index (κ1) is 25.5. The van der Waals surface area contributed by atoms with Crippen molar-refractivity contribution in [1.29, 1.82) is 5.26 Å². The largest absolute Gasteiger partial charge is 0.496 e. The summed E-state index contributed by atoms with van der Waals surface area (Å²) in [5.74, 6) is 0.244. The van der Waals surface area contributed by atoms with E-state index in [-0.39, 0.29) is 0 Å². The third-order valence-corrected chi connectivity index (χ3v) is 6.61. The first-order valence-corrected chi connectivity index (χ1v) is 12.2. The van der Waals surface area contributed by atoms with Crippen molar-refractivity contribution in [3.05, 3.63) is 101 Å². The van der Waals surface area contributed by atoms with Gasteiger partial charge in [0, 0.05) is 36.6 Å². The normalized spacial score (nSPS) is 10.6. The summed E-state index contributed by atoms with van der Waals surface area (Å²) in [6.45, 7) is 3.51. The molecule has 0 aliphatic carbocycles. The molecule has 1 aromatic heterocycles. The predicted octanol–water partition coefficient (Wildman–Crippen LogP) is 5.01. The Balaban J connectivity index is 1.53. The van der Waals surface area contributed by atoms with Gasteiger partial charge in [-0.05, 0) is 66.8 Å². The fraction of sp³-hybridized carbons (Fsp3) is 0.233. The zero-order valence-corrected chi connectivity index (χ0v) is 21.4. The Morgan fingerprint density at radius 3 is 2.62 bits per heavy atom. The van der Waals surface area contributed by atoms with E-state index in [1.54, 1.807) is 19.2 Å². The molecule has 4 aromatic rings. The van der Waals surface area contributed by atoms with Crippen molar-refractivity contribution in [2.24, 2.45) is 12.8 Å². The standard InChI is InChI=1S/C30H31N5O2/c1-21-15-24(12-11-23(21)17-31)35(19-25-18-33-20-34(25)2)14-6-7-22-10-13-27(29(16-22)37-3)26-8-4-5-9-28(26)30(32)36/h4-5,8-13,15-16,18,20H,6-7,14,19H2,1-3H3,(H2,32,36). The lowest BCUT2D eigenvalue weighted by atomic mass is 9.96. The van der Waals surface area contributed by atoms with Crippen LogP contribution < -0.4 is 15.4 Å². The number of aryl methyl sites for hydroxylation is 3. The van der Waals surface area contributed by atoms with Gasteiger partial charge >= 0.3 is 0 Å². The first-order chi connectivity index (χ1) is 17.9. The molecule has 7 heteroatoms. The molecule has 7 nitrogen and oxygen atoms in total. The molecule has 0 radical (unpaired) electrons. The molecule has 0 fully saturated rings. The van der Waals surface area contributed by atoms with Crippen molar-refractivity contribution in [1.82, 2.24) is 9.55 Å². The van der Waals surface area contributed by atoms with Gasteiger partial charge in [-0.15, -0.1) is 0 Å². The zero-order chi connectivity index (χ0) is 26.4. The van der Waals surface area contributed by atoms with E-state index in [4.69, 9.17) is 10.5 Å². The number of rotatable bonds is 10. The van der Waals surface area contributed by atoms with Crippen molar-refractivity contribution in [2.75, 3.05) is 18.6 Å². The molecule has 1 amide bonds. The van der Waals surface area contributed by atoms with Gasteiger partial charge in [-0.1, -0.05) is 30.3 Å². The Morgan fingerprint density at radius 1 is 1.14 bits per heavy atom. The number of carbonyl (C=O) groups excluding carboxylic acids is 1. The molecule has 3 aromatic carbocycles. The van der Waals surface area contributed by atoms with E-state index in [9.17, 15) is 10.1 Å². The Hall–Kier alpha value is -4.57. The minimum atomic E-state index is -0.465. The second kappa shape index (κ2) is 11.4. The maximum atomic E-state index is 11.9. The third kappa shape index (κ3) is 5.81. The van der Waals surface area contributed by atoms with Gasteiger partial charge in [0.05, 0.1) is 37.3 Å². The topological polar surface area (TPSA) is 97.2 Å². The zero-order valence-electron chi connectivity index (χ0n) is 21.4. The van der Waals surface area contributed by atoms with Gasteiger partial charge in [0.2, 0.25) is 5.91 Å². The molecule has 2 N–H and O–H groups in total. The van der Waals surface area contributed by atoms with E-state index in [0.717, 1.165) is 53.0 Å². The number of nitrogens with zero attached hydrogens (tertiary/aromatic N) is 4. The highest BCUT2D eigenvalue weighted by Crippen LogP contribution is 2.33. The maximum absolute atomic E-state index is 11.9. The van der Waals surface area contributed by atoms with Crippen molar-refractivity contribution in [3.63, 3.8) is 0 Å². The number of hydrogen-bond donors (Lipinski definition) is 1. The number of methoxy groups -OCH3 is 1. The van der Waals surface area contributed by atoms with Gasteiger partial charge in [-0.25, -0.2) is 4.98 Å². The summed E-state index contributed by atoms with van der Waals surface area (Å²) in [5.41, 5.74) is 12.7. The quantitative estimate of drug-likeness (QED) is 0.335. The number of aromatic nitrogens is 2. The fourth-order valence-electron chi connectivity index (χ4n) is 4.52. The fourth-order valence-corrected chi connectivity index (χ4v) is 4.52. The lowest BCUT2D eigenvalue weighted by Gasteiger charge is -2.26. The van der Waals surface area contributed by atoms with Crippen LogP contribution in [0.3, 0.4) is 0 Å². The molecule has 0 aliphatic rings. The van der Waals surface area contributed by atoms with E-state index in [2.05, 4.69) is 28.1 Å². The number of anilines is 1. The van der Waals surface area contributed by atoms with Gasteiger partial charge in [0.25, 0.3) is 0 Å². The van der Waals surface area contributed by atoms with Crippen LogP contribution in [0.4, 0.5) is 5.69 Å². The average Bonchev–Trinajstić information content (AvgIpc) is 3.31. The number of imidazole rings is 1. The maximum Gasteiger partial charge on any atom is 0.249 e. The molecule has 0 aliphatic heterocycles. The van der Waals surface area contributed by atoms with E-state index in [1.807, 2.05) is 67.5 Å². The van der Waals surface area contributed by atoms with Crippen molar-refractivity contribution in [2.45, 2.75) is 26.3 Å². The summed E-state index contributed by atoms with van der Waals surface area (Å²) in [7, 11) is 3.63. The molecule has 0 saturated heterocycles. The SMILES string of the molecule is COc1cc(CCCN(Cc2cncn2C)c2ccc(C#N)c(C)c2)ccc1-c1ccccc1C(N)=O. The van der Waals surface area contributed by atoms with Crippen LogP contribution in [0.1, 0.15) is 39.2 Å². The second-order valence-electron chi connectivity index (χ2n) is 9.08. The number of ether oxygens (including phenoxy) is 1. The predicted molar refractivity (Wildman–Crippen MR) is 145 cm³/mol. The summed E-state index contributed by atoms with van der Waals surface area (Å²) < 4.78 is 7.72. The Bertz CT molecular complexity index is 1450. The molecular formula is C30H31N5O2. The van der Waals surface area contributed by atoms with Gasteiger partial charge in [-0.2, -0.15) is 5.26 Å². The van der Waals surface area contributed by atoms with Crippen LogP contribution in [-0.2, 0) is 20.0 Å². The molecule has 188 valence electrons. The summed E-state index contributed by atoms with van der Waals surface area (Å²) in [6.07, 6.45) is 5.46. The van der Waals surface area contributed by atoms with Crippen LogP contribution in [0.15, 0.2) is 73.2 Å². The molecular weight excluding hydrogens is 462 g/mol. The van der Waals surface area contributed by atoms with Crippen molar-refractivity contribution in [3.8, 4) is 22.9 Å². The van der Waals surface area contributed by atoms with E-state index >= 15 is 0 Å². The lowest BCUT2D eigenvalue weighted by molar-refractivity contribution is 0.100. The molecule has 1 heterocycles. The van der Waals surface area contributed by atoms with E-state index < -0.39 is 5.91 Å². The van der Waals surface area contributed by atoms with Gasteiger partial charge in [0.1, 0.15) is 5.75 Å². The number of amides is 1. The highest BCUT2D eigenvalue weighted by molar-refractivity contribution is 6.00. The lowest BCUT2D eigenvalue weighted by Crippen LogP contribution is -2.25. The van der Waals surface area contributed by atoms with Crippen LogP contribution in [0.25, 0.3) is 11.1 Å². The average molecular weight is 494 g/mol. The summed E-state index contributed by atoms with van der Waals surface area (Å²) in [5, 5.41) is 9.33. The number of carbonyl (C=O) groups is 1. The van der Waals surface area contributed by atoms with Crippen molar-refractivity contribution >= 4 is 11.6 Å². The summed E-state index contributed by atoms with van der Waals surface area (Å²) in [4.78, 5) is 18.5. The Labute approximate surface area is 217 Å². The van der Waals surface area contributed by atoms with Crippen LogP contribution in [0.5, 0.6) is 5.75 Å². The molecule has 37 heavy (non-hydrogen) atoms. The minimum Gasteiger partial charge on any atom is -0.496 e. The summed E-state index contributed by atoms with van der Waals surface area (Å²) in [6, 6.07) is 21.6. The number of hydrogen-bond acceptors (Lipinski definition) is 5. The number of benzene rings is 3.